The van der Waals surface area contributed by atoms with Crippen molar-refractivity contribution in [3.05, 3.63) is 0 Å². The van der Waals surface area contributed by atoms with Gasteiger partial charge in [-0.15, -0.1) is 0 Å². The van der Waals surface area contributed by atoms with Crippen molar-refractivity contribution < 1.29 is 13.2 Å². The van der Waals surface area contributed by atoms with E-state index >= 15 is 0 Å². The lowest BCUT2D eigenvalue weighted by atomic mass is 9.85. The molecule has 2 unspecified atom stereocenters. The van der Waals surface area contributed by atoms with E-state index in [1.165, 1.54) is 25.7 Å². The number of nitrogens with one attached hydrogen (secondary N) is 1. The van der Waals surface area contributed by atoms with Gasteiger partial charge in [0.2, 0.25) is 0 Å². The molecule has 1 nitrogen and oxygen atoms in total. The molecule has 0 spiro atoms. The van der Waals surface area contributed by atoms with Crippen LogP contribution in [0.15, 0.2) is 0 Å². The Balaban J connectivity index is 2.11. The van der Waals surface area contributed by atoms with Gasteiger partial charge in [0, 0.05) is 6.04 Å². The normalized spacial score (nSPS) is 25.3. The average molecular weight is 265 g/mol. The average Bonchev–Trinajstić information content (AvgIpc) is 2.33. The van der Waals surface area contributed by atoms with Crippen LogP contribution in [-0.4, -0.2) is 18.8 Å². The molecule has 0 aromatic heterocycles. The van der Waals surface area contributed by atoms with Gasteiger partial charge in [-0.25, -0.2) is 0 Å². The molecule has 1 fully saturated rings. The number of hydrogen-bond acceptors (Lipinski definition) is 1. The van der Waals surface area contributed by atoms with Gasteiger partial charge < -0.3 is 5.32 Å². The van der Waals surface area contributed by atoms with Crippen LogP contribution in [0.3, 0.4) is 0 Å². The summed E-state index contributed by atoms with van der Waals surface area (Å²) in [7, 11) is 0. The second kappa shape index (κ2) is 8.03. The van der Waals surface area contributed by atoms with Crippen LogP contribution in [0.25, 0.3) is 0 Å². The summed E-state index contributed by atoms with van der Waals surface area (Å²) in [6.07, 6.45) is 4.22. The Hall–Kier alpha value is -0.250. The van der Waals surface area contributed by atoms with Gasteiger partial charge in [0.05, 0.1) is 5.92 Å². The van der Waals surface area contributed by atoms with Crippen LogP contribution >= 0.6 is 0 Å². The van der Waals surface area contributed by atoms with Gasteiger partial charge in [0.15, 0.2) is 0 Å². The predicted octanol–water partition coefficient (Wildman–Crippen LogP) is 4.67. The Bertz CT molecular complexity index is 216. The molecular formula is C14H26F3N. The molecule has 1 aliphatic carbocycles. The predicted molar refractivity (Wildman–Crippen MR) is 68.6 cm³/mol. The van der Waals surface area contributed by atoms with E-state index in [0.29, 0.717) is 12.8 Å². The fourth-order valence-electron chi connectivity index (χ4n) is 2.71. The van der Waals surface area contributed by atoms with E-state index in [1.54, 1.807) is 0 Å². The monoisotopic (exact) mass is 265 g/mol. The first-order chi connectivity index (χ1) is 8.54. The highest BCUT2D eigenvalue weighted by Crippen LogP contribution is 2.37. The van der Waals surface area contributed by atoms with E-state index in [0.717, 1.165) is 19.4 Å². The van der Waals surface area contributed by atoms with Crippen LogP contribution in [0.1, 0.15) is 64.7 Å². The molecule has 0 amide bonds. The van der Waals surface area contributed by atoms with Gasteiger partial charge >= 0.3 is 6.18 Å². The Kier molecular flexibility index (Phi) is 7.05. The smallest absolute Gasteiger partial charge is 0.314 e. The van der Waals surface area contributed by atoms with Crippen LogP contribution in [0.5, 0.6) is 0 Å². The van der Waals surface area contributed by atoms with Gasteiger partial charge in [-0.2, -0.15) is 13.2 Å². The molecule has 0 aliphatic heterocycles. The van der Waals surface area contributed by atoms with E-state index in [2.05, 4.69) is 12.2 Å². The summed E-state index contributed by atoms with van der Waals surface area (Å²) in [6.45, 7) is 3.05. The topological polar surface area (TPSA) is 12.0 Å². The first-order valence-electron chi connectivity index (χ1n) is 7.34. The summed E-state index contributed by atoms with van der Waals surface area (Å²) in [4.78, 5) is 0. The van der Waals surface area contributed by atoms with Crippen molar-refractivity contribution in [2.75, 3.05) is 6.54 Å². The quantitative estimate of drug-likeness (QED) is 0.660. The molecule has 0 aromatic carbocycles. The maximum absolute atomic E-state index is 12.6. The third-order valence-corrected chi connectivity index (χ3v) is 3.85. The second-order valence-electron chi connectivity index (χ2n) is 5.47. The lowest BCUT2D eigenvalue weighted by Gasteiger charge is -2.31. The Morgan fingerprint density at radius 3 is 2.44 bits per heavy atom. The lowest BCUT2D eigenvalue weighted by Crippen LogP contribution is -2.39. The van der Waals surface area contributed by atoms with Crippen LogP contribution in [-0.2, 0) is 0 Å². The Morgan fingerprint density at radius 1 is 1.06 bits per heavy atom. The first kappa shape index (κ1) is 15.8. The Morgan fingerprint density at radius 2 is 1.78 bits per heavy atom. The number of alkyl halides is 3. The highest BCUT2D eigenvalue weighted by molar-refractivity contribution is 4.81. The summed E-state index contributed by atoms with van der Waals surface area (Å²) in [6, 6.07) is 0.0801. The third kappa shape index (κ3) is 6.07. The highest BCUT2D eigenvalue weighted by Gasteiger charge is 2.41. The molecule has 1 aliphatic rings. The van der Waals surface area contributed by atoms with E-state index in [9.17, 15) is 13.2 Å². The molecule has 0 saturated heterocycles. The molecule has 2 atom stereocenters. The highest BCUT2D eigenvalue weighted by atomic mass is 19.4. The molecule has 1 saturated carbocycles. The SMILES string of the molecule is CCCCCCCNC1CCCC(C(F)(F)F)C1. The van der Waals surface area contributed by atoms with E-state index in [-0.39, 0.29) is 12.5 Å². The molecule has 0 bridgehead atoms. The molecule has 4 heteroatoms. The maximum Gasteiger partial charge on any atom is 0.391 e. The summed E-state index contributed by atoms with van der Waals surface area (Å²) in [5.41, 5.74) is 0. The fourth-order valence-corrected chi connectivity index (χ4v) is 2.71. The van der Waals surface area contributed by atoms with Crippen molar-refractivity contribution in [3.8, 4) is 0 Å². The molecule has 108 valence electrons. The van der Waals surface area contributed by atoms with Crippen molar-refractivity contribution >= 4 is 0 Å². The van der Waals surface area contributed by atoms with E-state index in [4.69, 9.17) is 0 Å². The molecule has 18 heavy (non-hydrogen) atoms. The minimum atomic E-state index is -4.00. The molecule has 1 rings (SSSR count). The summed E-state index contributed by atoms with van der Waals surface area (Å²) in [5.74, 6) is -1.08. The van der Waals surface area contributed by atoms with Crippen LogP contribution in [0.4, 0.5) is 13.2 Å². The zero-order chi connectivity index (χ0) is 13.4. The zero-order valence-electron chi connectivity index (χ0n) is 11.4. The zero-order valence-corrected chi connectivity index (χ0v) is 11.4. The molecule has 0 aromatic rings. The minimum absolute atomic E-state index is 0.0801. The van der Waals surface area contributed by atoms with E-state index in [1.807, 2.05) is 0 Å². The summed E-state index contributed by atoms with van der Waals surface area (Å²) in [5, 5.41) is 3.30. The van der Waals surface area contributed by atoms with Crippen LogP contribution in [0, 0.1) is 5.92 Å². The van der Waals surface area contributed by atoms with Crippen molar-refractivity contribution in [2.24, 2.45) is 5.92 Å². The number of hydrogen-bond donors (Lipinski definition) is 1. The van der Waals surface area contributed by atoms with Crippen molar-refractivity contribution in [1.29, 1.82) is 0 Å². The van der Waals surface area contributed by atoms with Crippen molar-refractivity contribution in [3.63, 3.8) is 0 Å². The first-order valence-corrected chi connectivity index (χ1v) is 7.34. The lowest BCUT2D eigenvalue weighted by molar-refractivity contribution is -0.183. The number of halogens is 3. The molecule has 0 radical (unpaired) electrons. The van der Waals surface area contributed by atoms with Crippen molar-refractivity contribution in [2.45, 2.75) is 76.9 Å². The van der Waals surface area contributed by atoms with Crippen LogP contribution < -0.4 is 5.32 Å². The van der Waals surface area contributed by atoms with E-state index < -0.39 is 12.1 Å². The summed E-state index contributed by atoms with van der Waals surface area (Å²) >= 11 is 0. The van der Waals surface area contributed by atoms with Gasteiger partial charge in [-0.3, -0.25) is 0 Å². The number of rotatable bonds is 7. The number of unbranched alkanes of at least 4 members (excludes halogenated alkanes) is 4. The maximum atomic E-state index is 12.6. The van der Waals surface area contributed by atoms with Gasteiger partial charge in [0.1, 0.15) is 0 Å². The molecule has 1 N–H and O–H groups in total. The minimum Gasteiger partial charge on any atom is -0.314 e. The largest absolute Gasteiger partial charge is 0.391 e. The molecular weight excluding hydrogens is 239 g/mol. The third-order valence-electron chi connectivity index (χ3n) is 3.85. The van der Waals surface area contributed by atoms with Crippen molar-refractivity contribution in [1.82, 2.24) is 5.32 Å². The fraction of sp³-hybridized carbons (Fsp3) is 1.00. The van der Waals surface area contributed by atoms with Gasteiger partial charge in [0.25, 0.3) is 0 Å². The van der Waals surface area contributed by atoms with Gasteiger partial charge in [-0.1, -0.05) is 39.0 Å². The van der Waals surface area contributed by atoms with Gasteiger partial charge in [-0.05, 0) is 32.2 Å². The Labute approximate surface area is 109 Å². The van der Waals surface area contributed by atoms with Crippen LogP contribution in [0.2, 0.25) is 0 Å². The second-order valence-corrected chi connectivity index (χ2v) is 5.47. The standard InChI is InChI=1S/C14H26F3N/c1-2-3-4-5-6-10-18-13-9-7-8-12(11-13)14(15,16)17/h12-13,18H,2-11H2,1H3. The summed E-state index contributed by atoms with van der Waals surface area (Å²) < 4.78 is 37.8. The molecule has 0 heterocycles.